The van der Waals surface area contributed by atoms with Gasteiger partial charge in [-0.3, -0.25) is 4.21 Å². The molecule has 0 N–H and O–H groups in total. The van der Waals surface area contributed by atoms with Crippen molar-refractivity contribution in [1.82, 2.24) is 0 Å². The van der Waals surface area contributed by atoms with Gasteiger partial charge in [-0.2, -0.15) is 0 Å². The van der Waals surface area contributed by atoms with Gasteiger partial charge in [-0.25, -0.2) is 0 Å². The molecule has 0 saturated heterocycles. The molecule has 0 bridgehead atoms. The van der Waals surface area contributed by atoms with Crippen molar-refractivity contribution in [1.29, 1.82) is 0 Å². The Morgan fingerprint density at radius 1 is 1.50 bits per heavy atom. The number of hydrogen-bond acceptors (Lipinski definition) is 1. The summed E-state index contributed by atoms with van der Waals surface area (Å²) in [6.07, 6.45) is 0. The molecule has 0 rings (SSSR count). The molecule has 0 saturated carbocycles. The van der Waals surface area contributed by atoms with Crippen molar-refractivity contribution in [3.8, 4) is 0 Å². The van der Waals surface area contributed by atoms with Crippen molar-refractivity contribution >= 4 is 39.1 Å². The first-order chi connectivity index (χ1) is 2.00. The van der Waals surface area contributed by atoms with E-state index in [1.807, 2.05) is 0 Å². The maximum atomic E-state index is 8.06. The van der Waals surface area contributed by atoms with E-state index in [2.05, 4.69) is 9.80 Å². The van der Waals surface area contributed by atoms with Crippen LogP contribution in [0.15, 0.2) is 0 Å². The molecule has 0 atom stereocenters. The van der Waals surface area contributed by atoms with E-state index in [-0.39, 0.29) is 0 Å². The zero-order valence-electron chi connectivity index (χ0n) is 2.29. The summed E-state index contributed by atoms with van der Waals surface area (Å²) in [5.41, 5.74) is 0. The average molecular weight is 92.5 g/mol. The molecule has 0 aromatic rings. The van der Waals surface area contributed by atoms with Gasteiger partial charge in [0.25, 0.3) is 0 Å². The van der Waals surface area contributed by atoms with Crippen LogP contribution in [0.5, 0.6) is 0 Å². The SMILES string of the molecule is O=[SH2].[Li][Cl]. The maximum absolute atomic E-state index is 8.06. The molecule has 0 aliphatic carbocycles. The average Bonchev–Trinajstić information content (AvgIpc) is 1.50. The van der Waals surface area contributed by atoms with Gasteiger partial charge in [0, 0.05) is 0 Å². The summed E-state index contributed by atoms with van der Waals surface area (Å²) in [5, 5.41) is 0. The second kappa shape index (κ2) is 34.6. The van der Waals surface area contributed by atoms with Gasteiger partial charge in [-0.1, -0.05) is 0 Å². The van der Waals surface area contributed by atoms with E-state index in [0.29, 0.717) is 0 Å². The molecular weight excluding hydrogens is 90.5 g/mol. The van der Waals surface area contributed by atoms with E-state index in [0.717, 1.165) is 0 Å². The van der Waals surface area contributed by atoms with Crippen LogP contribution in [0.2, 0.25) is 0 Å². The zero-order chi connectivity index (χ0) is 4.00. The minimum atomic E-state index is 1.47. The Labute approximate surface area is 43.5 Å². The molecule has 0 aliphatic heterocycles. The van der Waals surface area contributed by atoms with Crippen molar-refractivity contribution in [3.05, 3.63) is 0 Å². The molecule has 0 heterocycles. The van der Waals surface area contributed by atoms with Crippen LogP contribution in [0.3, 0.4) is 0 Å². The van der Waals surface area contributed by atoms with Crippen molar-refractivity contribution < 1.29 is 4.21 Å². The second-order valence-electron chi connectivity index (χ2n) is 0. The van der Waals surface area contributed by atoms with E-state index < -0.39 is 0 Å². The Balaban J connectivity index is 0. The van der Waals surface area contributed by atoms with E-state index >= 15 is 0 Å². The van der Waals surface area contributed by atoms with E-state index in [1.54, 1.807) is 12.5 Å². The standard InChI is InChI=1S/ClH.Li.H2OS/c;;1-2/h1H;;2H2/q;+1;/p-1. The first-order valence-corrected chi connectivity index (χ1v) is 1.75. The summed E-state index contributed by atoms with van der Waals surface area (Å²) >= 11 is 3.19. The topological polar surface area (TPSA) is 17.1 Å². The number of rotatable bonds is 0. The predicted octanol–water partition coefficient (Wildman–Crippen LogP) is -0.563. The molecule has 0 aromatic carbocycles. The minimum absolute atomic E-state index is 1.47. The van der Waals surface area contributed by atoms with Gasteiger partial charge in [-0.05, 0) is 12.5 Å². The number of halogens is 1. The molecule has 22 valence electrons. The van der Waals surface area contributed by atoms with E-state index in [1.165, 1.54) is 16.7 Å². The van der Waals surface area contributed by atoms with Gasteiger partial charge in [0.05, 0.1) is 0 Å². The Morgan fingerprint density at radius 3 is 1.50 bits per heavy atom. The third-order valence-corrected chi connectivity index (χ3v) is 0. The van der Waals surface area contributed by atoms with Crippen LogP contribution in [0.25, 0.3) is 0 Å². The molecule has 0 aliphatic rings. The summed E-state index contributed by atoms with van der Waals surface area (Å²) in [5.74, 6) is 0. The molecule has 0 amide bonds. The van der Waals surface area contributed by atoms with Crippen molar-refractivity contribution in [2.24, 2.45) is 0 Å². The quantitative estimate of drug-likeness (QED) is 0.366. The van der Waals surface area contributed by atoms with Crippen LogP contribution >= 0.6 is 9.80 Å². The summed E-state index contributed by atoms with van der Waals surface area (Å²) in [4.78, 5) is 0. The summed E-state index contributed by atoms with van der Waals surface area (Å²) in [7, 11) is 4.64. The van der Waals surface area contributed by atoms with Crippen molar-refractivity contribution in [3.63, 3.8) is 0 Å². The third kappa shape index (κ3) is 11.7. The zero-order valence-corrected chi connectivity index (χ0v) is 4.04. The summed E-state index contributed by atoms with van der Waals surface area (Å²) < 4.78 is 8.06. The van der Waals surface area contributed by atoms with Gasteiger partial charge < -0.3 is 0 Å². The Kier molecular flexibility index (Phi) is 77.0. The molecule has 0 radical (unpaired) electrons. The van der Waals surface area contributed by atoms with Gasteiger partial charge in [0.1, 0.15) is 0 Å². The first-order valence-electron chi connectivity index (χ1n) is 0.582. The Hall–Kier alpha value is 1.04. The molecule has 4 heavy (non-hydrogen) atoms. The van der Waals surface area contributed by atoms with Crippen LogP contribution in [0, 0.1) is 0 Å². The van der Waals surface area contributed by atoms with Crippen LogP contribution in [0.4, 0.5) is 0 Å². The summed E-state index contributed by atoms with van der Waals surface area (Å²) in [6, 6.07) is 0. The van der Waals surface area contributed by atoms with E-state index in [4.69, 9.17) is 4.21 Å². The fourth-order valence-electron chi connectivity index (χ4n) is 0. The monoisotopic (exact) mass is 92.0 g/mol. The molecule has 4 heteroatoms. The van der Waals surface area contributed by atoms with Crippen molar-refractivity contribution in [2.45, 2.75) is 0 Å². The molecule has 0 spiro atoms. The van der Waals surface area contributed by atoms with Crippen LogP contribution in [0.1, 0.15) is 0 Å². The Bertz CT molecular complexity index is 8.00. The summed E-state index contributed by atoms with van der Waals surface area (Å²) in [6.45, 7) is 0. The normalized spacial score (nSPS) is 3.00. The van der Waals surface area contributed by atoms with Crippen LogP contribution in [-0.2, 0) is 12.5 Å². The molecular formula is H2ClLiOS. The number of hydrogen-bond donors (Lipinski definition) is 0. The van der Waals surface area contributed by atoms with Gasteiger partial charge in [-0.15, -0.1) is 0 Å². The molecule has 0 fully saturated rings. The fraction of sp³-hybridized carbons (Fsp3) is 0. The second-order valence-corrected chi connectivity index (χ2v) is 0. The fourth-order valence-corrected chi connectivity index (χ4v) is 0. The molecule has 0 unspecified atom stereocenters. The Morgan fingerprint density at radius 2 is 1.50 bits per heavy atom. The van der Waals surface area contributed by atoms with Crippen LogP contribution in [-0.4, -0.2) is 21.0 Å². The molecule has 1 nitrogen and oxygen atoms in total. The van der Waals surface area contributed by atoms with Gasteiger partial charge in [0.2, 0.25) is 0 Å². The third-order valence-electron chi connectivity index (χ3n) is 0. The van der Waals surface area contributed by atoms with Crippen molar-refractivity contribution in [2.75, 3.05) is 0 Å². The van der Waals surface area contributed by atoms with Crippen LogP contribution < -0.4 is 0 Å². The van der Waals surface area contributed by atoms with E-state index in [9.17, 15) is 0 Å². The first kappa shape index (κ1) is 8.90. The van der Waals surface area contributed by atoms with Gasteiger partial charge in [0.15, 0.2) is 0 Å². The predicted molar refractivity (Wildman–Crippen MR) is 22.5 cm³/mol. The molecule has 0 aromatic heterocycles. The van der Waals surface area contributed by atoms with Gasteiger partial charge >= 0.3 is 26.5 Å².